The van der Waals surface area contributed by atoms with Crippen molar-refractivity contribution in [1.82, 2.24) is 14.8 Å². The van der Waals surface area contributed by atoms with E-state index in [1.54, 1.807) is 29.6 Å². The van der Waals surface area contributed by atoms with Crippen molar-refractivity contribution in [3.63, 3.8) is 0 Å². The lowest BCUT2D eigenvalue weighted by atomic mass is 10.0. The molecule has 10 heteroatoms. The van der Waals surface area contributed by atoms with Crippen LogP contribution in [0.1, 0.15) is 43.2 Å². The third-order valence-corrected chi connectivity index (χ3v) is 7.84. The van der Waals surface area contributed by atoms with Gasteiger partial charge in [-0.05, 0) is 96.5 Å². The lowest BCUT2D eigenvalue weighted by Gasteiger charge is -2.26. The van der Waals surface area contributed by atoms with Gasteiger partial charge < -0.3 is 14.6 Å². The Morgan fingerprint density at radius 2 is 2.05 bits per heavy atom. The number of hydrogen-bond acceptors (Lipinski definition) is 6. The predicted molar refractivity (Wildman–Crippen MR) is 146 cm³/mol. The van der Waals surface area contributed by atoms with E-state index in [4.69, 9.17) is 14.5 Å². The highest BCUT2D eigenvalue weighted by Gasteiger charge is 2.33. The Morgan fingerprint density at radius 1 is 1.27 bits per heavy atom. The number of carboxylic acid groups (broad SMARTS) is 1. The third kappa shape index (κ3) is 5.15. The summed E-state index contributed by atoms with van der Waals surface area (Å²) < 4.78 is 14.4. The molecule has 9 nitrogen and oxygen atoms in total. The van der Waals surface area contributed by atoms with Gasteiger partial charge in [0.1, 0.15) is 11.9 Å². The molecule has 1 saturated heterocycles. The maximum Gasteiger partial charge on any atom is 0.308 e. The monoisotopic (exact) mass is 614 g/mol. The highest BCUT2D eigenvalue weighted by molar-refractivity contribution is 14.1. The average Bonchev–Trinajstić information content (AvgIpc) is 3.67. The van der Waals surface area contributed by atoms with Gasteiger partial charge in [-0.1, -0.05) is 5.92 Å². The number of aryl methyl sites for hydroxylation is 2. The van der Waals surface area contributed by atoms with Crippen molar-refractivity contribution in [1.29, 1.82) is 0 Å². The number of aromatic nitrogens is 3. The summed E-state index contributed by atoms with van der Waals surface area (Å²) in [5.74, 6) is 4.59. The van der Waals surface area contributed by atoms with Crippen LogP contribution < -0.4 is 9.64 Å². The summed E-state index contributed by atoms with van der Waals surface area (Å²) in [5.41, 5.74) is 4.18. The second-order valence-corrected chi connectivity index (χ2v) is 10.6. The number of amides is 1. The minimum atomic E-state index is -0.912. The molecule has 1 aromatic carbocycles. The molecule has 0 bridgehead atoms. The Balaban J connectivity index is 1.58. The standard InChI is InChI=1S/C27H27IN4O5/c1-4-5-24(33)32(22-10-15(2)20(28)12-19(22)16-6-7-16)23-9-8-21-25(29-23)26(30-31(21)3)37-18-11-17(27(34)35)13-36-14-18/h8-10,12,16-18H,6-7,11,13-14H2,1-3H3,(H,34,35)/t17-,18+/m1/s1. The fourth-order valence-electron chi connectivity index (χ4n) is 4.60. The molecular formula is C27H27IN4O5. The van der Waals surface area contributed by atoms with Crippen molar-refractivity contribution in [3.05, 3.63) is 39.0 Å². The molecule has 2 atom stereocenters. The maximum absolute atomic E-state index is 13.4. The van der Waals surface area contributed by atoms with Crippen LogP contribution in [0.2, 0.25) is 0 Å². The smallest absolute Gasteiger partial charge is 0.308 e. The molecule has 0 spiro atoms. The number of benzene rings is 1. The van der Waals surface area contributed by atoms with E-state index in [1.807, 2.05) is 19.1 Å². The third-order valence-electron chi connectivity index (χ3n) is 6.68. The molecule has 37 heavy (non-hydrogen) atoms. The number of fused-ring (bicyclic) bond motifs is 1. The van der Waals surface area contributed by atoms with Gasteiger partial charge in [-0.3, -0.25) is 19.2 Å². The lowest BCUT2D eigenvalue weighted by molar-refractivity contribution is -0.149. The Kier molecular flexibility index (Phi) is 7.09. The first kappa shape index (κ1) is 25.5. The van der Waals surface area contributed by atoms with Crippen molar-refractivity contribution in [2.45, 2.75) is 45.1 Å². The molecule has 1 aliphatic carbocycles. The fourth-order valence-corrected chi connectivity index (χ4v) is 5.10. The fraction of sp³-hybridized carbons (Fsp3) is 0.407. The summed E-state index contributed by atoms with van der Waals surface area (Å²) in [4.78, 5) is 31.2. The number of rotatable bonds is 6. The quantitative estimate of drug-likeness (QED) is 0.326. The summed E-state index contributed by atoms with van der Waals surface area (Å²) >= 11 is 2.33. The molecular weight excluding hydrogens is 587 g/mol. The molecule has 2 aromatic heterocycles. The van der Waals surface area contributed by atoms with Crippen LogP contribution >= 0.6 is 22.6 Å². The zero-order chi connectivity index (χ0) is 26.3. The van der Waals surface area contributed by atoms with Crippen LogP contribution in [-0.2, 0) is 21.4 Å². The SMILES string of the molecule is CC#CC(=O)N(c1ccc2c(n1)c(O[C@@H]1COC[C@H](C(=O)O)C1)nn2C)c1cc(C)c(I)cc1C1CC1. The number of carbonyl (C=O) groups excluding carboxylic acids is 1. The molecule has 0 radical (unpaired) electrons. The van der Waals surface area contributed by atoms with Gasteiger partial charge in [0.05, 0.1) is 30.3 Å². The van der Waals surface area contributed by atoms with Crippen LogP contribution in [0.3, 0.4) is 0 Å². The van der Waals surface area contributed by atoms with E-state index in [-0.39, 0.29) is 25.0 Å². The number of carbonyl (C=O) groups is 2. The molecule has 192 valence electrons. The zero-order valence-corrected chi connectivity index (χ0v) is 23.0. The number of nitrogens with zero attached hydrogens (tertiary/aromatic N) is 4. The van der Waals surface area contributed by atoms with Gasteiger partial charge in [0.15, 0.2) is 5.52 Å². The molecule has 0 unspecified atom stereocenters. The molecule has 5 rings (SSSR count). The minimum absolute atomic E-state index is 0.162. The minimum Gasteiger partial charge on any atom is -0.481 e. The van der Waals surface area contributed by atoms with Crippen molar-refractivity contribution < 1.29 is 24.2 Å². The predicted octanol–water partition coefficient (Wildman–Crippen LogP) is 4.32. The Morgan fingerprint density at radius 3 is 2.76 bits per heavy atom. The zero-order valence-electron chi connectivity index (χ0n) is 20.8. The summed E-state index contributed by atoms with van der Waals surface area (Å²) in [6.07, 6.45) is 2.02. The van der Waals surface area contributed by atoms with Crippen LogP contribution in [0.25, 0.3) is 11.0 Å². The van der Waals surface area contributed by atoms with Crippen molar-refractivity contribution in [2.24, 2.45) is 13.0 Å². The van der Waals surface area contributed by atoms with Gasteiger partial charge in [-0.25, -0.2) is 4.98 Å². The van der Waals surface area contributed by atoms with E-state index in [9.17, 15) is 14.7 Å². The van der Waals surface area contributed by atoms with Crippen molar-refractivity contribution >= 4 is 57.0 Å². The highest BCUT2D eigenvalue weighted by Crippen LogP contribution is 2.47. The van der Waals surface area contributed by atoms with E-state index < -0.39 is 18.0 Å². The number of pyridine rings is 1. The van der Waals surface area contributed by atoms with Crippen LogP contribution in [0.15, 0.2) is 24.3 Å². The molecule has 1 N–H and O–H groups in total. The Labute approximate surface area is 228 Å². The van der Waals surface area contributed by atoms with Gasteiger partial charge in [-0.15, -0.1) is 5.10 Å². The summed E-state index contributed by atoms with van der Waals surface area (Å²) in [7, 11) is 1.78. The molecule has 2 fully saturated rings. The summed E-state index contributed by atoms with van der Waals surface area (Å²) in [6.45, 7) is 4.09. The van der Waals surface area contributed by atoms with E-state index in [0.717, 1.165) is 38.7 Å². The second kappa shape index (κ2) is 10.3. The number of halogens is 1. The van der Waals surface area contributed by atoms with Crippen LogP contribution in [0, 0.1) is 28.3 Å². The largest absolute Gasteiger partial charge is 0.481 e. The lowest BCUT2D eigenvalue weighted by Crippen LogP contribution is -2.37. The van der Waals surface area contributed by atoms with Crippen LogP contribution in [-0.4, -0.2) is 51.1 Å². The molecule has 3 aromatic rings. The molecule has 1 amide bonds. The van der Waals surface area contributed by atoms with E-state index in [2.05, 4.69) is 45.6 Å². The van der Waals surface area contributed by atoms with E-state index in [0.29, 0.717) is 23.7 Å². The first-order valence-electron chi connectivity index (χ1n) is 12.1. The maximum atomic E-state index is 13.4. The van der Waals surface area contributed by atoms with Crippen LogP contribution in [0.5, 0.6) is 5.88 Å². The topological polar surface area (TPSA) is 107 Å². The normalized spacial score (nSPS) is 19.2. The van der Waals surface area contributed by atoms with Gasteiger partial charge in [0.2, 0.25) is 0 Å². The molecule has 1 aliphatic heterocycles. The summed E-state index contributed by atoms with van der Waals surface area (Å²) in [5, 5.41) is 13.9. The first-order valence-corrected chi connectivity index (χ1v) is 13.2. The second-order valence-electron chi connectivity index (χ2n) is 9.46. The number of anilines is 2. The van der Waals surface area contributed by atoms with Gasteiger partial charge in [0.25, 0.3) is 5.88 Å². The Hall–Kier alpha value is -3.17. The highest BCUT2D eigenvalue weighted by atomic mass is 127. The molecule has 2 aliphatic rings. The average molecular weight is 614 g/mol. The Bertz CT molecular complexity index is 1450. The van der Waals surface area contributed by atoms with Gasteiger partial charge >= 0.3 is 11.9 Å². The molecule has 3 heterocycles. The first-order chi connectivity index (χ1) is 17.8. The number of hydrogen-bond donors (Lipinski definition) is 1. The van der Waals surface area contributed by atoms with E-state index in [1.165, 1.54) is 0 Å². The molecule has 1 saturated carbocycles. The van der Waals surface area contributed by atoms with Gasteiger partial charge in [0, 0.05) is 17.0 Å². The van der Waals surface area contributed by atoms with Crippen molar-refractivity contribution in [2.75, 3.05) is 18.1 Å². The van der Waals surface area contributed by atoms with E-state index >= 15 is 0 Å². The summed E-state index contributed by atoms with van der Waals surface area (Å²) in [6, 6.07) is 7.83. The van der Waals surface area contributed by atoms with Crippen LogP contribution in [0.4, 0.5) is 11.5 Å². The number of carboxylic acids is 1. The van der Waals surface area contributed by atoms with Gasteiger partial charge in [-0.2, -0.15) is 0 Å². The van der Waals surface area contributed by atoms with Crippen molar-refractivity contribution in [3.8, 4) is 17.7 Å². The number of aliphatic carboxylic acids is 1. The number of ether oxygens (including phenoxy) is 2.